The largest absolute Gasteiger partial charge is 0.496 e. The molecule has 0 atom stereocenters. The van der Waals surface area contributed by atoms with Gasteiger partial charge >= 0.3 is 5.97 Å². The van der Waals surface area contributed by atoms with E-state index < -0.39 is 0 Å². The fraction of sp³-hybridized carbons (Fsp3) is 0.417. The topological polar surface area (TPSA) is 35.5 Å². The number of esters is 1. The molecule has 3 heteroatoms. The van der Waals surface area contributed by atoms with Crippen LogP contribution in [-0.4, -0.2) is 19.7 Å². The Balaban J connectivity index is 3.05. The number of aryl methyl sites for hydroxylation is 1. The van der Waals surface area contributed by atoms with Crippen LogP contribution in [0.2, 0.25) is 0 Å². The summed E-state index contributed by atoms with van der Waals surface area (Å²) in [6.45, 7) is 4.20. The third-order valence-electron chi connectivity index (χ3n) is 2.17. The molecule has 0 N–H and O–H groups in total. The van der Waals surface area contributed by atoms with Gasteiger partial charge in [-0.2, -0.15) is 0 Å². The summed E-state index contributed by atoms with van der Waals surface area (Å²) in [4.78, 5) is 11.6. The summed E-state index contributed by atoms with van der Waals surface area (Å²) in [6, 6.07) is 5.56. The number of hydrogen-bond donors (Lipinski definition) is 0. The quantitative estimate of drug-likeness (QED) is 0.713. The van der Waals surface area contributed by atoms with E-state index in [1.165, 1.54) is 0 Å². The predicted octanol–water partition coefficient (Wildman–Crippen LogP) is 2.43. The molecule has 0 radical (unpaired) electrons. The average Bonchev–Trinajstić information content (AvgIpc) is 2.28. The number of carbonyl (C=O) groups is 1. The van der Waals surface area contributed by atoms with E-state index in [9.17, 15) is 4.79 Å². The van der Waals surface area contributed by atoms with Gasteiger partial charge in [0.2, 0.25) is 0 Å². The maximum atomic E-state index is 11.6. The Hall–Kier alpha value is -1.51. The summed E-state index contributed by atoms with van der Waals surface area (Å²) < 4.78 is 10.1. The van der Waals surface area contributed by atoms with E-state index in [-0.39, 0.29) is 5.97 Å². The van der Waals surface area contributed by atoms with Gasteiger partial charge in [0.05, 0.1) is 13.7 Å². The van der Waals surface area contributed by atoms with Crippen molar-refractivity contribution < 1.29 is 14.3 Å². The third-order valence-corrected chi connectivity index (χ3v) is 2.17. The van der Waals surface area contributed by atoms with E-state index in [4.69, 9.17) is 9.47 Å². The molecule has 0 saturated carbocycles. The summed E-state index contributed by atoms with van der Waals surface area (Å²) in [5.74, 6) is 0.232. The van der Waals surface area contributed by atoms with Crippen molar-refractivity contribution >= 4 is 5.97 Å². The Labute approximate surface area is 90.0 Å². The zero-order chi connectivity index (χ0) is 11.3. The van der Waals surface area contributed by atoms with Crippen molar-refractivity contribution in [2.75, 3.05) is 13.7 Å². The highest BCUT2D eigenvalue weighted by Crippen LogP contribution is 2.21. The van der Waals surface area contributed by atoms with Crippen LogP contribution >= 0.6 is 0 Å². The molecule has 0 saturated heterocycles. The maximum absolute atomic E-state index is 11.6. The Morgan fingerprint density at radius 1 is 1.33 bits per heavy atom. The minimum atomic E-state index is -0.329. The fourth-order valence-corrected chi connectivity index (χ4v) is 1.34. The molecule has 0 aliphatic carbocycles. The van der Waals surface area contributed by atoms with Crippen LogP contribution in [0, 0.1) is 0 Å². The average molecular weight is 208 g/mol. The lowest BCUT2D eigenvalue weighted by Gasteiger charge is -2.09. The van der Waals surface area contributed by atoms with Crippen molar-refractivity contribution in [2.45, 2.75) is 20.3 Å². The highest BCUT2D eigenvalue weighted by molar-refractivity contribution is 5.92. The number of methoxy groups -OCH3 is 1. The molecule has 1 aromatic rings. The van der Waals surface area contributed by atoms with Crippen LogP contribution in [0.1, 0.15) is 29.8 Å². The molecule has 0 unspecified atom stereocenters. The van der Waals surface area contributed by atoms with Crippen LogP contribution in [0.15, 0.2) is 18.2 Å². The van der Waals surface area contributed by atoms with Gasteiger partial charge in [-0.05, 0) is 31.0 Å². The van der Waals surface area contributed by atoms with E-state index >= 15 is 0 Å². The van der Waals surface area contributed by atoms with Crippen LogP contribution in [0.25, 0.3) is 0 Å². The van der Waals surface area contributed by atoms with Crippen LogP contribution in [0.3, 0.4) is 0 Å². The van der Waals surface area contributed by atoms with E-state index in [1.54, 1.807) is 20.1 Å². The van der Waals surface area contributed by atoms with Gasteiger partial charge in [-0.25, -0.2) is 4.79 Å². The minimum Gasteiger partial charge on any atom is -0.496 e. The van der Waals surface area contributed by atoms with Gasteiger partial charge < -0.3 is 9.47 Å². The van der Waals surface area contributed by atoms with Crippen molar-refractivity contribution in [1.29, 1.82) is 0 Å². The summed E-state index contributed by atoms with van der Waals surface area (Å²) in [7, 11) is 1.55. The molecule has 0 fully saturated rings. The van der Waals surface area contributed by atoms with Gasteiger partial charge in [-0.15, -0.1) is 0 Å². The van der Waals surface area contributed by atoms with Crippen LogP contribution < -0.4 is 4.74 Å². The number of rotatable bonds is 4. The first-order valence-electron chi connectivity index (χ1n) is 5.07. The molecular formula is C12H16O3. The second-order valence-electron chi connectivity index (χ2n) is 3.11. The molecule has 1 rings (SSSR count). The molecule has 1 aromatic carbocycles. The molecule has 0 spiro atoms. The Morgan fingerprint density at radius 2 is 2.07 bits per heavy atom. The summed E-state index contributed by atoms with van der Waals surface area (Å²) in [5.41, 5.74) is 1.59. The summed E-state index contributed by atoms with van der Waals surface area (Å²) in [5, 5.41) is 0. The van der Waals surface area contributed by atoms with Crippen molar-refractivity contribution in [3.05, 3.63) is 29.3 Å². The van der Waals surface area contributed by atoms with Crippen LogP contribution in [0.5, 0.6) is 5.75 Å². The van der Waals surface area contributed by atoms with Gasteiger partial charge in [0, 0.05) is 0 Å². The predicted molar refractivity (Wildman–Crippen MR) is 58.3 cm³/mol. The van der Waals surface area contributed by atoms with E-state index in [2.05, 4.69) is 0 Å². The van der Waals surface area contributed by atoms with E-state index in [1.807, 2.05) is 19.1 Å². The first-order chi connectivity index (χ1) is 7.22. The molecule has 0 aliphatic heterocycles. The fourth-order valence-electron chi connectivity index (χ4n) is 1.34. The maximum Gasteiger partial charge on any atom is 0.341 e. The number of carbonyl (C=O) groups excluding carboxylic acids is 1. The Bertz CT molecular complexity index is 345. The molecule has 0 aromatic heterocycles. The number of ether oxygens (including phenoxy) is 2. The van der Waals surface area contributed by atoms with Gasteiger partial charge in [-0.1, -0.05) is 13.0 Å². The number of benzene rings is 1. The van der Waals surface area contributed by atoms with Crippen molar-refractivity contribution in [1.82, 2.24) is 0 Å². The van der Waals surface area contributed by atoms with Crippen molar-refractivity contribution in [3.8, 4) is 5.75 Å². The smallest absolute Gasteiger partial charge is 0.341 e. The molecule has 3 nitrogen and oxygen atoms in total. The molecule has 0 bridgehead atoms. The zero-order valence-electron chi connectivity index (χ0n) is 9.37. The highest BCUT2D eigenvalue weighted by atomic mass is 16.5. The van der Waals surface area contributed by atoms with E-state index in [0.717, 1.165) is 12.0 Å². The highest BCUT2D eigenvalue weighted by Gasteiger charge is 2.13. The lowest BCUT2D eigenvalue weighted by Crippen LogP contribution is -2.07. The Kier molecular flexibility index (Phi) is 4.16. The normalized spacial score (nSPS) is 9.80. The van der Waals surface area contributed by atoms with Gasteiger partial charge in [-0.3, -0.25) is 0 Å². The van der Waals surface area contributed by atoms with E-state index in [0.29, 0.717) is 17.9 Å². The minimum absolute atomic E-state index is 0.329. The monoisotopic (exact) mass is 208 g/mol. The van der Waals surface area contributed by atoms with Crippen LogP contribution in [-0.2, 0) is 11.2 Å². The first kappa shape index (κ1) is 11.6. The summed E-state index contributed by atoms with van der Waals surface area (Å²) in [6.07, 6.45) is 0.885. The standard InChI is InChI=1S/C12H16O3/c1-4-9-6-7-11(14-3)10(8-9)12(13)15-5-2/h6-8H,4-5H2,1-3H3. The van der Waals surface area contributed by atoms with Gasteiger partial charge in [0.15, 0.2) is 0 Å². The second-order valence-corrected chi connectivity index (χ2v) is 3.11. The SMILES string of the molecule is CCOC(=O)c1cc(CC)ccc1OC. The molecule has 82 valence electrons. The molecule has 0 aliphatic rings. The van der Waals surface area contributed by atoms with Crippen molar-refractivity contribution in [2.24, 2.45) is 0 Å². The van der Waals surface area contributed by atoms with Crippen molar-refractivity contribution in [3.63, 3.8) is 0 Å². The lowest BCUT2D eigenvalue weighted by atomic mass is 10.1. The first-order valence-corrected chi connectivity index (χ1v) is 5.07. The Morgan fingerprint density at radius 3 is 2.60 bits per heavy atom. The molecule has 0 amide bonds. The molecular weight excluding hydrogens is 192 g/mol. The third kappa shape index (κ3) is 2.72. The van der Waals surface area contributed by atoms with Gasteiger partial charge in [0.1, 0.15) is 11.3 Å². The molecule has 0 heterocycles. The lowest BCUT2D eigenvalue weighted by molar-refractivity contribution is 0.0522. The number of hydrogen-bond acceptors (Lipinski definition) is 3. The molecule has 15 heavy (non-hydrogen) atoms. The zero-order valence-corrected chi connectivity index (χ0v) is 9.37. The van der Waals surface area contributed by atoms with Gasteiger partial charge in [0.25, 0.3) is 0 Å². The van der Waals surface area contributed by atoms with Crippen LogP contribution in [0.4, 0.5) is 0 Å². The summed E-state index contributed by atoms with van der Waals surface area (Å²) >= 11 is 0. The second kappa shape index (κ2) is 5.39.